The molecule has 0 aliphatic carbocycles. The van der Waals surface area contributed by atoms with Gasteiger partial charge in [-0.2, -0.15) is 0 Å². The average Bonchev–Trinajstić information content (AvgIpc) is 2.84. The second kappa shape index (κ2) is 12.6. The summed E-state index contributed by atoms with van der Waals surface area (Å²) in [5.74, 6) is -0.969. The molecule has 196 valence electrons. The standard InChI is InChI=1S/C26H26Cl3N3O4S/c1-30-26(34)24(12-18-6-4-3-5-7-18)31(16-19-8-10-20(27)11-9-19)25(33)17-32(37(2,35)36)23-14-21(28)13-22(29)15-23/h3-11,13-15,24H,12,16-17H2,1-2H3,(H,30,34)/t24-/m0/s1. The maximum Gasteiger partial charge on any atom is 0.244 e. The molecule has 0 saturated carbocycles. The van der Waals surface area contributed by atoms with Crippen LogP contribution in [0.5, 0.6) is 0 Å². The molecule has 1 N–H and O–H groups in total. The van der Waals surface area contributed by atoms with Crippen LogP contribution in [0.4, 0.5) is 5.69 Å². The molecule has 0 saturated heterocycles. The summed E-state index contributed by atoms with van der Waals surface area (Å²) < 4.78 is 26.4. The lowest BCUT2D eigenvalue weighted by molar-refractivity contribution is -0.139. The summed E-state index contributed by atoms with van der Waals surface area (Å²) in [5, 5.41) is 3.58. The highest BCUT2D eigenvalue weighted by atomic mass is 35.5. The second-order valence-electron chi connectivity index (χ2n) is 8.37. The summed E-state index contributed by atoms with van der Waals surface area (Å²) in [5.41, 5.74) is 1.70. The number of rotatable bonds is 10. The molecule has 3 aromatic carbocycles. The molecule has 0 aromatic heterocycles. The van der Waals surface area contributed by atoms with E-state index < -0.39 is 28.5 Å². The minimum Gasteiger partial charge on any atom is -0.357 e. The molecule has 0 aliphatic rings. The average molecular weight is 583 g/mol. The van der Waals surface area contributed by atoms with Crippen molar-refractivity contribution < 1.29 is 18.0 Å². The van der Waals surface area contributed by atoms with E-state index in [-0.39, 0.29) is 34.6 Å². The van der Waals surface area contributed by atoms with Gasteiger partial charge in [-0.15, -0.1) is 0 Å². The summed E-state index contributed by atoms with van der Waals surface area (Å²) in [6, 6.07) is 19.5. The molecular weight excluding hydrogens is 557 g/mol. The third kappa shape index (κ3) is 8.10. The minimum absolute atomic E-state index is 0.0504. The van der Waals surface area contributed by atoms with Gasteiger partial charge in [-0.05, 0) is 41.5 Å². The van der Waals surface area contributed by atoms with Gasteiger partial charge in [0.2, 0.25) is 21.8 Å². The molecular formula is C26H26Cl3N3O4S. The zero-order valence-corrected chi connectivity index (χ0v) is 23.3. The highest BCUT2D eigenvalue weighted by Crippen LogP contribution is 2.27. The number of sulfonamides is 1. The van der Waals surface area contributed by atoms with Crippen molar-refractivity contribution in [2.75, 3.05) is 24.2 Å². The van der Waals surface area contributed by atoms with Crippen LogP contribution in [-0.4, -0.2) is 51.0 Å². The van der Waals surface area contributed by atoms with Gasteiger partial charge in [-0.25, -0.2) is 8.42 Å². The van der Waals surface area contributed by atoms with Gasteiger partial charge in [-0.3, -0.25) is 13.9 Å². The van der Waals surface area contributed by atoms with E-state index in [9.17, 15) is 18.0 Å². The molecule has 0 spiro atoms. The number of amides is 2. The quantitative estimate of drug-likeness (QED) is 0.372. The SMILES string of the molecule is CNC(=O)[C@H](Cc1ccccc1)N(Cc1ccc(Cl)cc1)C(=O)CN(c1cc(Cl)cc(Cl)c1)S(C)(=O)=O. The Bertz CT molecular complexity index is 1330. The van der Waals surface area contributed by atoms with Gasteiger partial charge in [0.05, 0.1) is 11.9 Å². The van der Waals surface area contributed by atoms with Crippen LogP contribution in [0.1, 0.15) is 11.1 Å². The van der Waals surface area contributed by atoms with Crippen molar-refractivity contribution in [1.29, 1.82) is 0 Å². The van der Waals surface area contributed by atoms with E-state index in [1.54, 1.807) is 24.3 Å². The Labute approximate surface area is 232 Å². The number of carbonyl (C=O) groups excluding carboxylic acids is 2. The molecule has 0 unspecified atom stereocenters. The normalized spacial score (nSPS) is 12.0. The highest BCUT2D eigenvalue weighted by molar-refractivity contribution is 7.92. The first-order chi connectivity index (χ1) is 17.5. The first-order valence-corrected chi connectivity index (χ1v) is 14.2. The lowest BCUT2D eigenvalue weighted by atomic mass is 10.0. The molecule has 3 rings (SSSR count). The molecule has 2 amide bonds. The van der Waals surface area contributed by atoms with Gasteiger partial charge in [0.25, 0.3) is 0 Å². The van der Waals surface area contributed by atoms with Gasteiger partial charge in [0.1, 0.15) is 12.6 Å². The van der Waals surface area contributed by atoms with Gasteiger partial charge < -0.3 is 10.2 Å². The lowest BCUT2D eigenvalue weighted by Crippen LogP contribution is -2.52. The fraction of sp³-hybridized carbons (Fsp3) is 0.231. The molecule has 37 heavy (non-hydrogen) atoms. The zero-order chi connectivity index (χ0) is 27.2. The fourth-order valence-corrected chi connectivity index (χ4v) is 5.28. The van der Waals surface area contributed by atoms with E-state index in [1.165, 1.54) is 30.1 Å². The molecule has 11 heteroatoms. The molecule has 0 radical (unpaired) electrons. The number of hydrogen-bond acceptors (Lipinski definition) is 4. The van der Waals surface area contributed by atoms with E-state index in [0.29, 0.717) is 5.02 Å². The Hall–Kier alpha value is -2.78. The molecule has 0 bridgehead atoms. The largest absolute Gasteiger partial charge is 0.357 e. The van der Waals surface area contributed by atoms with E-state index in [2.05, 4.69) is 5.32 Å². The third-order valence-electron chi connectivity index (χ3n) is 5.60. The molecule has 0 fully saturated rings. The number of halogens is 3. The van der Waals surface area contributed by atoms with Gasteiger partial charge >= 0.3 is 0 Å². The van der Waals surface area contributed by atoms with Gasteiger partial charge in [-0.1, -0.05) is 77.3 Å². The van der Waals surface area contributed by atoms with Crippen molar-refractivity contribution in [1.82, 2.24) is 10.2 Å². The molecule has 0 aliphatic heterocycles. The lowest BCUT2D eigenvalue weighted by Gasteiger charge is -2.33. The van der Waals surface area contributed by atoms with E-state index in [0.717, 1.165) is 21.7 Å². The first-order valence-electron chi connectivity index (χ1n) is 11.2. The molecule has 0 heterocycles. The summed E-state index contributed by atoms with van der Waals surface area (Å²) in [4.78, 5) is 28.2. The number of carbonyl (C=O) groups is 2. The Kier molecular flexibility index (Phi) is 9.84. The van der Waals surface area contributed by atoms with Crippen LogP contribution in [0.2, 0.25) is 15.1 Å². The summed E-state index contributed by atoms with van der Waals surface area (Å²) >= 11 is 18.2. The van der Waals surface area contributed by atoms with E-state index >= 15 is 0 Å². The predicted octanol–water partition coefficient (Wildman–Crippen LogP) is 4.80. The number of nitrogens with zero attached hydrogens (tertiary/aromatic N) is 2. The van der Waals surface area contributed by atoms with Crippen molar-refractivity contribution in [2.24, 2.45) is 0 Å². The van der Waals surface area contributed by atoms with Crippen LogP contribution in [0.25, 0.3) is 0 Å². The van der Waals surface area contributed by atoms with Crippen molar-refractivity contribution in [3.8, 4) is 0 Å². The van der Waals surface area contributed by atoms with Crippen LogP contribution >= 0.6 is 34.8 Å². The number of hydrogen-bond donors (Lipinski definition) is 1. The van der Waals surface area contributed by atoms with E-state index in [4.69, 9.17) is 34.8 Å². The maximum absolute atomic E-state index is 13.8. The van der Waals surface area contributed by atoms with Gasteiger partial charge in [0.15, 0.2) is 0 Å². The summed E-state index contributed by atoms with van der Waals surface area (Å²) in [7, 11) is -2.43. The van der Waals surface area contributed by atoms with Crippen LogP contribution in [0, 0.1) is 0 Å². The van der Waals surface area contributed by atoms with Gasteiger partial charge in [0, 0.05) is 35.1 Å². The molecule has 3 aromatic rings. The van der Waals surface area contributed by atoms with Crippen molar-refractivity contribution in [3.05, 3.63) is 99.0 Å². The fourth-order valence-electron chi connectivity index (χ4n) is 3.80. The maximum atomic E-state index is 13.8. The van der Waals surface area contributed by atoms with Crippen LogP contribution in [0.3, 0.4) is 0 Å². The number of likely N-dealkylation sites (N-methyl/N-ethyl adjacent to an activating group) is 1. The number of nitrogens with one attached hydrogen (secondary N) is 1. The Balaban J connectivity index is 2.03. The smallest absolute Gasteiger partial charge is 0.244 e. The number of anilines is 1. The van der Waals surface area contributed by atoms with Crippen LogP contribution in [-0.2, 0) is 32.6 Å². The van der Waals surface area contributed by atoms with Crippen molar-refractivity contribution in [2.45, 2.75) is 19.0 Å². The monoisotopic (exact) mass is 581 g/mol. The van der Waals surface area contributed by atoms with Crippen molar-refractivity contribution in [3.63, 3.8) is 0 Å². The Morgan fingerprint density at radius 3 is 2.00 bits per heavy atom. The zero-order valence-electron chi connectivity index (χ0n) is 20.2. The summed E-state index contributed by atoms with van der Waals surface area (Å²) in [6.07, 6.45) is 1.21. The Morgan fingerprint density at radius 2 is 1.46 bits per heavy atom. The van der Waals surface area contributed by atoms with Crippen LogP contribution in [0.15, 0.2) is 72.8 Å². The third-order valence-corrected chi connectivity index (χ3v) is 7.43. The highest BCUT2D eigenvalue weighted by Gasteiger charge is 2.32. The Morgan fingerprint density at radius 1 is 0.865 bits per heavy atom. The topological polar surface area (TPSA) is 86.8 Å². The molecule has 7 nitrogen and oxygen atoms in total. The first kappa shape index (κ1) is 28.8. The van der Waals surface area contributed by atoms with Crippen LogP contribution < -0.4 is 9.62 Å². The van der Waals surface area contributed by atoms with Crippen molar-refractivity contribution >= 4 is 62.3 Å². The minimum atomic E-state index is -3.92. The molecule has 1 atom stereocenters. The summed E-state index contributed by atoms with van der Waals surface area (Å²) in [6.45, 7) is -0.514. The predicted molar refractivity (Wildman–Crippen MR) is 149 cm³/mol. The second-order valence-corrected chi connectivity index (χ2v) is 11.6. The number of benzene rings is 3. The van der Waals surface area contributed by atoms with E-state index in [1.807, 2.05) is 30.3 Å².